The summed E-state index contributed by atoms with van der Waals surface area (Å²) in [6.07, 6.45) is 5.02. The van der Waals surface area contributed by atoms with Gasteiger partial charge in [0.25, 0.3) is 0 Å². The van der Waals surface area contributed by atoms with E-state index in [-0.39, 0.29) is 103 Å². The number of pyridine rings is 1. The summed E-state index contributed by atoms with van der Waals surface area (Å²) < 4.78 is 16.9. The zero-order valence-electron chi connectivity index (χ0n) is 44.4. The molecule has 0 radical (unpaired) electrons. The summed E-state index contributed by atoms with van der Waals surface area (Å²) in [5, 5.41) is 25.9. The second-order valence-electron chi connectivity index (χ2n) is 19.5. The first kappa shape index (κ1) is 62.1. The molecule has 3 aromatic rings. The van der Waals surface area contributed by atoms with Gasteiger partial charge in [0, 0.05) is 73.9 Å². The van der Waals surface area contributed by atoms with E-state index in [0.717, 1.165) is 53.5 Å². The Labute approximate surface area is 451 Å². The summed E-state index contributed by atoms with van der Waals surface area (Å²) in [5.74, 6) is -4.71. The third-order valence-corrected chi connectivity index (χ3v) is 16.5. The van der Waals surface area contributed by atoms with Gasteiger partial charge in [0.05, 0.1) is 11.0 Å². The number of likely N-dealkylation sites (tertiary alicyclic amines) is 1. The number of phenols is 1. The molecule has 412 valence electrons. The van der Waals surface area contributed by atoms with E-state index in [1.165, 1.54) is 53.1 Å². The number of nitrogens with one attached hydrogen (secondary N) is 1. The fraction of sp³-hybridized carbons (Fsp3) is 0.604. The fourth-order valence-corrected chi connectivity index (χ4v) is 11.7. The van der Waals surface area contributed by atoms with Crippen LogP contribution < -0.4 is 5.32 Å². The predicted octanol–water partition coefficient (Wildman–Crippen LogP) is 8.96. The molecule has 1 aromatic carbocycles. The van der Waals surface area contributed by atoms with Crippen LogP contribution in [-0.4, -0.2) is 122 Å². The van der Waals surface area contributed by atoms with Crippen LogP contribution in [0.2, 0.25) is 0 Å². The molecule has 1 saturated heterocycles. The van der Waals surface area contributed by atoms with E-state index >= 15 is 0 Å². The molecule has 0 unspecified atom stereocenters. The lowest BCUT2D eigenvalue weighted by Crippen LogP contribution is -2.50. The van der Waals surface area contributed by atoms with Crippen LogP contribution in [0.1, 0.15) is 140 Å². The number of hydrogen-bond donors (Lipinski definition) is 2. The first-order chi connectivity index (χ1) is 35.7. The number of rotatable bonds is 32. The SMILES string of the molecule is CCCC(=O)OCN(C(=O)[C@@H](CC(=O)[C@H]1CCCCN1C)[C@@H](C)CC)[C@H](C[C@@H](OC(C)=O)c1nc(C(=O)C[C@@H](Cc2ccc(O)cc2)C[C@H](C)C(=O)NCC(=O)OCCSSc2ncccc2[N+](=O)[O-])cs1)C(C)C. The number of carbonyl (C=O) groups excluding carboxylic acids is 7. The summed E-state index contributed by atoms with van der Waals surface area (Å²) >= 11 is 1.12. The van der Waals surface area contributed by atoms with Crippen LogP contribution in [0.25, 0.3) is 0 Å². The zero-order valence-corrected chi connectivity index (χ0v) is 46.8. The molecule has 0 saturated carbocycles. The maximum Gasteiger partial charge on any atom is 0.325 e. The largest absolute Gasteiger partial charge is 0.508 e. The van der Waals surface area contributed by atoms with Gasteiger partial charge >= 0.3 is 23.6 Å². The number of nitro groups is 1. The van der Waals surface area contributed by atoms with E-state index in [0.29, 0.717) is 30.0 Å². The standard InChI is InChI=1S/C53H74N6O13S3/c1-9-14-48(64)71-32-58(53(67)40(34(5)10-2)28-46(63)42-15-11-12-22-57(42)8)44(33(3)4)29-47(72-36(7)60)52-56-41(31-73-52)45(62)27-38(26-37-17-19-39(61)20-18-37)25-35(6)50(66)55-30-49(65)70-23-24-74-75-51-43(59(68)69)16-13-21-54-51/h13,16-21,31,33-35,38,40,42,44,47,61H,9-12,14-15,22-30,32H2,1-8H3,(H,55,66)/t34-,35-,38+,40-,42+,44+,47+/m0/s1. The topological polar surface area (TPSA) is 255 Å². The zero-order chi connectivity index (χ0) is 55.2. The Morgan fingerprint density at radius 3 is 2.39 bits per heavy atom. The number of ketones is 2. The van der Waals surface area contributed by atoms with E-state index in [1.54, 1.807) is 24.4 Å². The van der Waals surface area contributed by atoms with Crippen molar-refractivity contribution in [2.24, 2.45) is 29.6 Å². The summed E-state index contributed by atoms with van der Waals surface area (Å²) in [5.41, 5.74) is 0.795. The molecule has 1 fully saturated rings. The highest BCUT2D eigenvalue weighted by Crippen LogP contribution is 2.36. The number of carbonyl (C=O) groups is 7. The van der Waals surface area contributed by atoms with Crippen LogP contribution in [-0.2, 0) is 49.4 Å². The molecule has 3 heterocycles. The number of Topliss-reactive ketones (excluding diaryl/α,β-unsaturated/α-hetero) is 2. The molecule has 0 bridgehead atoms. The van der Waals surface area contributed by atoms with E-state index < -0.39 is 65.2 Å². The average Bonchev–Trinajstić information content (AvgIpc) is 3.88. The molecule has 4 rings (SSSR count). The first-order valence-electron chi connectivity index (χ1n) is 25.7. The first-order valence-corrected chi connectivity index (χ1v) is 28.9. The van der Waals surface area contributed by atoms with Crippen LogP contribution in [0, 0.1) is 39.7 Å². The van der Waals surface area contributed by atoms with Crippen LogP contribution in [0.3, 0.4) is 0 Å². The van der Waals surface area contributed by atoms with Crippen LogP contribution in [0.15, 0.2) is 53.0 Å². The third kappa shape index (κ3) is 20.2. The summed E-state index contributed by atoms with van der Waals surface area (Å²) in [7, 11) is 4.25. The second-order valence-corrected chi connectivity index (χ2v) is 22.8. The molecule has 1 aliphatic rings. The van der Waals surface area contributed by atoms with Gasteiger partial charge in [0.15, 0.2) is 29.4 Å². The molecule has 2 aromatic heterocycles. The van der Waals surface area contributed by atoms with Crippen LogP contribution in [0.5, 0.6) is 5.75 Å². The lowest BCUT2D eigenvalue weighted by atomic mass is 9.82. The molecule has 75 heavy (non-hydrogen) atoms. The molecule has 2 amide bonds. The van der Waals surface area contributed by atoms with Crippen molar-refractivity contribution in [2.45, 2.75) is 142 Å². The highest BCUT2D eigenvalue weighted by atomic mass is 33.1. The number of piperidine rings is 1. The van der Waals surface area contributed by atoms with Gasteiger partial charge in [-0.05, 0) is 98.0 Å². The van der Waals surface area contributed by atoms with Crippen LogP contribution in [0.4, 0.5) is 5.69 Å². The minimum absolute atomic E-state index is 0.00221. The van der Waals surface area contributed by atoms with Crippen molar-refractivity contribution >= 4 is 79.9 Å². The number of benzene rings is 1. The molecule has 0 aliphatic carbocycles. The van der Waals surface area contributed by atoms with Crippen molar-refractivity contribution in [3.8, 4) is 5.75 Å². The smallest absolute Gasteiger partial charge is 0.325 e. The molecular weight excluding hydrogens is 1020 g/mol. The van der Waals surface area contributed by atoms with Crippen molar-refractivity contribution < 1.29 is 57.8 Å². The lowest BCUT2D eigenvalue weighted by Gasteiger charge is -2.39. The van der Waals surface area contributed by atoms with Crippen LogP contribution >= 0.6 is 32.9 Å². The minimum Gasteiger partial charge on any atom is -0.508 e. The number of thiazole rings is 1. The number of esters is 3. The molecule has 7 atom stereocenters. The van der Waals surface area contributed by atoms with Gasteiger partial charge in [0.2, 0.25) is 11.8 Å². The van der Waals surface area contributed by atoms with Crippen molar-refractivity contribution in [2.75, 3.05) is 39.2 Å². The number of likely N-dealkylation sites (N-methyl/N-ethyl adjacent to an activating group) is 1. The van der Waals surface area contributed by atoms with Gasteiger partial charge in [-0.25, -0.2) is 9.97 Å². The lowest BCUT2D eigenvalue weighted by molar-refractivity contribution is -0.388. The van der Waals surface area contributed by atoms with Crippen molar-refractivity contribution in [3.05, 3.63) is 74.4 Å². The average molecular weight is 1100 g/mol. The Morgan fingerprint density at radius 1 is 1.00 bits per heavy atom. The van der Waals surface area contributed by atoms with E-state index in [4.69, 9.17) is 19.2 Å². The van der Waals surface area contributed by atoms with Gasteiger partial charge in [-0.2, -0.15) is 0 Å². The number of hydrogen-bond acceptors (Lipinski definition) is 19. The number of aromatic nitrogens is 2. The quantitative estimate of drug-likeness (QED) is 0.00864. The Morgan fingerprint density at radius 2 is 1.73 bits per heavy atom. The van der Waals surface area contributed by atoms with E-state index in [9.17, 15) is 48.8 Å². The van der Waals surface area contributed by atoms with Gasteiger partial charge < -0.3 is 29.5 Å². The summed E-state index contributed by atoms with van der Waals surface area (Å²) in [6, 6.07) is 8.39. The van der Waals surface area contributed by atoms with Gasteiger partial charge in [0.1, 0.15) is 29.6 Å². The molecule has 2 N–H and O–H groups in total. The molecular formula is C53H74N6O13S3. The molecule has 0 spiro atoms. The monoisotopic (exact) mass is 1100 g/mol. The maximum atomic E-state index is 15.0. The van der Waals surface area contributed by atoms with Gasteiger partial charge in [-0.1, -0.05) is 77.3 Å². The Balaban J connectivity index is 1.49. The Kier molecular flexibility index (Phi) is 26.1. The number of aromatic hydroxyl groups is 1. The molecule has 19 nitrogen and oxygen atoms in total. The highest BCUT2D eigenvalue weighted by Gasteiger charge is 2.40. The Hall–Kier alpha value is -5.45. The Bertz CT molecular complexity index is 2390. The number of nitrogens with zero attached hydrogens (tertiary/aromatic N) is 5. The summed E-state index contributed by atoms with van der Waals surface area (Å²) in [4.78, 5) is 118. The highest BCUT2D eigenvalue weighted by molar-refractivity contribution is 8.76. The third-order valence-electron chi connectivity index (χ3n) is 13.3. The van der Waals surface area contributed by atoms with E-state index in [2.05, 4.69) is 15.2 Å². The fourth-order valence-electron chi connectivity index (χ4n) is 8.98. The second kappa shape index (κ2) is 31.6. The number of amides is 2. The molecule has 1 aliphatic heterocycles. The van der Waals surface area contributed by atoms with Crippen molar-refractivity contribution in [1.29, 1.82) is 0 Å². The van der Waals surface area contributed by atoms with Crippen molar-refractivity contribution in [3.63, 3.8) is 0 Å². The van der Waals surface area contributed by atoms with Gasteiger partial charge in [-0.15, -0.1) is 11.3 Å². The predicted molar refractivity (Wildman–Crippen MR) is 287 cm³/mol. The molecule has 22 heteroatoms. The maximum absolute atomic E-state index is 15.0. The minimum atomic E-state index is -1.01. The number of phenolic OH excluding ortho intramolecular Hbond substituents is 1. The van der Waals surface area contributed by atoms with Crippen molar-refractivity contribution in [1.82, 2.24) is 25.1 Å². The summed E-state index contributed by atoms with van der Waals surface area (Å²) in [6.45, 7) is 12.6. The van der Waals surface area contributed by atoms with Gasteiger partial charge in [-0.3, -0.25) is 48.6 Å². The van der Waals surface area contributed by atoms with E-state index in [1.807, 2.05) is 41.7 Å². The normalized spacial score (nSPS) is 16.1. The number of ether oxygens (including phenoxy) is 3.